The number of H-pyrrole nitrogens is 1. The van der Waals surface area contributed by atoms with Crippen molar-refractivity contribution in [3.63, 3.8) is 0 Å². The highest BCUT2D eigenvalue weighted by Gasteiger charge is 2.37. The lowest BCUT2D eigenvalue weighted by molar-refractivity contribution is 0.0133. The molecule has 2 heterocycles. The van der Waals surface area contributed by atoms with Crippen molar-refractivity contribution in [3.8, 4) is 6.07 Å². The fourth-order valence-corrected chi connectivity index (χ4v) is 6.32. The summed E-state index contributed by atoms with van der Waals surface area (Å²) in [5, 5.41) is 8.54. The number of aromatic amines is 1. The number of sulfone groups is 1. The Labute approximate surface area is 216 Å². The summed E-state index contributed by atoms with van der Waals surface area (Å²) in [5.41, 5.74) is 0.922. The number of fused-ring (bicyclic) bond motifs is 1. The van der Waals surface area contributed by atoms with Gasteiger partial charge in [0.1, 0.15) is 17.4 Å². The Morgan fingerprint density at radius 2 is 1.73 bits per heavy atom. The van der Waals surface area contributed by atoms with Gasteiger partial charge in [-0.2, -0.15) is 5.26 Å². The van der Waals surface area contributed by atoms with Crippen LogP contribution in [-0.2, 0) is 14.6 Å². The van der Waals surface area contributed by atoms with Crippen LogP contribution in [0.25, 0.3) is 10.9 Å². The van der Waals surface area contributed by atoms with Crippen LogP contribution in [0.1, 0.15) is 48.6 Å². The number of piperazine rings is 1. The minimum absolute atomic E-state index is 0.202. The van der Waals surface area contributed by atoms with Crippen LogP contribution in [0, 0.1) is 11.3 Å². The zero-order valence-electron chi connectivity index (χ0n) is 21.1. The lowest BCUT2D eigenvalue weighted by atomic mass is 10.1. The maximum Gasteiger partial charge on any atom is 0.410 e. The highest BCUT2D eigenvalue weighted by atomic mass is 32.2. The van der Waals surface area contributed by atoms with Gasteiger partial charge in [-0.05, 0) is 56.7 Å². The summed E-state index contributed by atoms with van der Waals surface area (Å²) >= 11 is 0. The number of hydrogen-bond acceptors (Lipinski definition) is 7. The van der Waals surface area contributed by atoms with E-state index < -0.39 is 26.9 Å². The van der Waals surface area contributed by atoms with Crippen LogP contribution >= 0.6 is 0 Å². The van der Waals surface area contributed by atoms with Gasteiger partial charge in [-0.15, -0.1) is 0 Å². The average molecular weight is 523 g/mol. The molecule has 0 saturated carbocycles. The number of aromatic nitrogens is 1. The Bertz CT molecular complexity index is 1440. The number of carbonyl (C=O) groups excluding carboxylic acids is 2. The van der Waals surface area contributed by atoms with Crippen molar-refractivity contribution in [2.24, 2.45) is 0 Å². The number of benzene rings is 2. The molecule has 10 heteroatoms. The number of nitriles is 1. The van der Waals surface area contributed by atoms with Gasteiger partial charge in [0.25, 0.3) is 0 Å². The summed E-state index contributed by atoms with van der Waals surface area (Å²) < 4.78 is 33.3. The Balaban J connectivity index is 1.68. The highest BCUT2D eigenvalue weighted by molar-refractivity contribution is 7.91. The summed E-state index contributed by atoms with van der Waals surface area (Å²) in [6.45, 7) is 6.75. The zero-order valence-corrected chi connectivity index (χ0v) is 21.9. The van der Waals surface area contributed by atoms with E-state index in [0.717, 1.165) is 0 Å². The maximum absolute atomic E-state index is 13.9. The largest absolute Gasteiger partial charge is 0.444 e. The summed E-state index contributed by atoms with van der Waals surface area (Å²) in [6, 6.07) is 17.0. The lowest BCUT2D eigenvalue weighted by Crippen LogP contribution is -2.51. The number of nitrogens with one attached hydrogen (secondary N) is 1. The number of hydrogen-bond donors (Lipinski definition) is 1. The first-order chi connectivity index (χ1) is 17.5. The monoisotopic (exact) mass is 522 g/mol. The number of ether oxygens (including phenoxy) is 1. The molecule has 0 aliphatic carbocycles. The fraction of sp³-hybridized carbons (Fsp3) is 0.370. The molecule has 9 nitrogen and oxygen atoms in total. The fourth-order valence-electron chi connectivity index (χ4n) is 4.41. The van der Waals surface area contributed by atoms with Gasteiger partial charge in [0.2, 0.25) is 0 Å². The van der Waals surface area contributed by atoms with Crippen LogP contribution in [0.4, 0.5) is 4.79 Å². The molecule has 0 spiro atoms. The quantitative estimate of drug-likeness (QED) is 0.479. The van der Waals surface area contributed by atoms with Gasteiger partial charge < -0.3 is 14.6 Å². The van der Waals surface area contributed by atoms with Crippen molar-refractivity contribution >= 4 is 32.6 Å². The summed E-state index contributed by atoms with van der Waals surface area (Å²) in [7, 11) is -3.84. The summed E-state index contributed by atoms with van der Waals surface area (Å²) in [5.74, 6) is -0.327. The van der Waals surface area contributed by atoms with Crippen LogP contribution in [0.2, 0.25) is 0 Å². The molecule has 3 aromatic rings. The van der Waals surface area contributed by atoms with E-state index in [9.17, 15) is 18.0 Å². The first-order valence-corrected chi connectivity index (χ1v) is 13.6. The first kappa shape index (κ1) is 26.4. The van der Waals surface area contributed by atoms with Gasteiger partial charge in [0.05, 0.1) is 16.7 Å². The third-order valence-corrected chi connectivity index (χ3v) is 8.22. The highest BCUT2D eigenvalue weighted by Crippen LogP contribution is 2.35. The SMILES string of the molecule is CC(C)(C)OC(=O)N1CCN(C(c2ccc3[nH]c(C(=O)CC#N)cc3c2)S(=O)(=O)c2ccccc2)CC1. The molecule has 1 unspecified atom stereocenters. The van der Waals surface area contributed by atoms with Crippen molar-refractivity contribution in [2.75, 3.05) is 26.2 Å². The van der Waals surface area contributed by atoms with Gasteiger partial charge in [0, 0.05) is 37.1 Å². The van der Waals surface area contributed by atoms with Crippen molar-refractivity contribution in [1.82, 2.24) is 14.8 Å². The smallest absolute Gasteiger partial charge is 0.410 e. The molecule has 4 rings (SSSR count). The predicted octanol–water partition coefficient (Wildman–Crippen LogP) is 4.29. The van der Waals surface area contributed by atoms with E-state index in [1.807, 2.05) is 11.0 Å². The van der Waals surface area contributed by atoms with Crippen LogP contribution in [0.15, 0.2) is 59.5 Å². The number of carbonyl (C=O) groups is 2. The van der Waals surface area contributed by atoms with Crippen molar-refractivity contribution in [1.29, 1.82) is 5.26 Å². The third kappa shape index (κ3) is 5.84. The molecule has 1 saturated heterocycles. The average Bonchev–Trinajstić information content (AvgIpc) is 3.28. The van der Waals surface area contributed by atoms with E-state index in [0.29, 0.717) is 48.3 Å². The molecule has 194 valence electrons. The Hall–Kier alpha value is -3.68. The molecule has 1 atom stereocenters. The van der Waals surface area contributed by atoms with Crippen LogP contribution < -0.4 is 0 Å². The Morgan fingerprint density at radius 1 is 1.05 bits per heavy atom. The maximum atomic E-state index is 13.9. The molecule has 1 aromatic heterocycles. The number of ketones is 1. The summed E-state index contributed by atoms with van der Waals surface area (Å²) in [4.78, 5) is 31.4. The molecule has 1 N–H and O–H groups in total. The van der Waals surface area contributed by atoms with Crippen LogP contribution in [0.3, 0.4) is 0 Å². The predicted molar refractivity (Wildman–Crippen MR) is 139 cm³/mol. The molecule has 1 fully saturated rings. The van der Waals surface area contributed by atoms with Gasteiger partial charge in [-0.3, -0.25) is 9.69 Å². The van der Waals surface area contributed by atoms with Crippen molar-refractivity contribution in [3.05, 3.63) is 65.9 Å². The van der Waals surface area contributed by atoms with E-state index in [4.69, 9.17) is 10.00 Å². The topological polar surface area (TPSA) is 124 Å². The number of Topliss-reactive ketones (excluding diaryl/α,β-unsaturated/α-hetero) is 1. The molecule has 37 heavy (non-hydrogen) atoms. The molecule has 1 aliphatic rings. The summed E-state index contributed by atoms with van der Waals surface area (Å²) in [6.07, 6.45) is -0.662. The molecule has 1 amide bonds. The van der Waals surface area contributed by atoms with E-state index in [-0.39, 0.29) is 17.1 Å². The van der Waals surface area contributed by atoms with Crippen LogP contribution in [0.5, 0.6) is 0 Å². The number of amides is 1. The second kappa shape index (κ2) is 10.4. The van der Waals surface area contributed by atoms with E-state index >= 15 is 0 Å². The van der Waals surface area contributed by atoms with Gasteiger partial charge in [0.15, 0.2) is 15.6 Å². The number of rotatable bonds is 6. The van der Waals surface area contributed by atoms with Gasteiger partial charge in [-0.1, -0.05) is 24.3 Å². The second-order valence-corrected chi connectivity index (χ2v) is 12.0. The van der Waals surface area contributed by atoms with Crippen molar-refractivity contribution < 1.29 is 22.7 Å². The second-order valence-electron chi connectivity index (χ2n) is 10.0. The Morgan fingerprint density at radius 3 is 2.35 bits per heavy atom. The Kier molecular flexibility index (Phi) is 7.39. The zero-order chi connectivity index (χ0) is 26.8. The molecule has 2 aromatic carbocycles. The molecular formula is C27H30N4O5S. The molecule has 0 radical (unpaired) electrons. The van der Waals surface area contributed by atoms with E-state index in [1.165, 1.54) is 0 Å². The van der Waals surface area contributed by atoms with Crippen molar-refractivity contribution in [2.45, 2.75) is 43.1 Å². The van der Waals surface area contributed by atoms with E-state index in [2.05, 4.69) is 4.98 Å². The lowest BCUT2D eigenvalue weighted by Gasteiger charge is -2.39. The van der Waals surface area contributed by atoms with Gasteiger partial charge in [-0.25, -0.2) is 13.2 Å². The standard InChI is InChI=1S/C27H30N4O5S/c1-27(2,3)36-26(33)31-15-13-30(14-16-31)25(37(34,35)21-7-5-4-6-8-21)19-9-10-22-20(17-19)18-23(29-22)24(32)11-12-28/h4-10,17-18,25,29H,11,13-16H2,1-3H3. The molecular weight excluding hydrogens is 492 g/mol. The third-order valence-electron chi connectivity index (χ3n) is 6.13. The first-order valence-electron chi connectivity index (χ1n) is 12.0. The number of nitrogens with zero attached hydrogens (tertiary/aromatic N) is 3. The normalized spacial score (nSPS) is 15.8. The van der Waals surface area contributed by atoms with Crippen LogP contribution in [-0.4, -0.2) is 66.9 Å². The minimum atomic E-state index is -3.84. The van der Waals surface area contributed by atoms with E-state index in [1.54, 1.807) is 80.3 Å². The molecule has 1 aliphatic heterocycles. The van der Waals surface area contributed by atoms with Gasteiger partial charge >= 0.3 is 6.09 Å². The molecule has 0 bridgehead atoms. The minimum Gasteiger partial charge on any atom is -0.444 e.